The van der Waals surface area contributed by atoms with Crippen LogP contribution in [0.4, 0.5) is 8.78 Å². The number of carboxylic acid groups (broad SMARTS) is 1. The topological polar surface area (TPSA) is 46.5 Å². The van der Waals surface area contributed by atoms with E-state index in [2.05, 4.69) is 0 Å². The van der Waals surface area contributed by atoms with E-state index in [1.165, 1.54) is 12.1 Å². The molecule has 0 aliphatic carbocycles. The first-order valence-corrected chi connectivity index (χ1v) is 9.75. The third-order valence-electron chi connectivity index (χ3n) is 5.21. The Hall–Kier alpha value is -3.21. The fourth-order valence-electron chi connectivity index (χ4n) is 3.70. The quantitative estimate of drug-likeness (QED) is 0.535. The van der Waals surface area contributed by atoms with Gasteiger partial charge in [-0.25, -0.2) is 13.6 Å². The van der Waals surface area contributed by atoms with Crippen LogP contribution in [0.5, 0.6) is 5.75 Å². The zero-order valence-electron chi connectivity index (χ0n) is 17.3. The SMILES string of the molecule is Cc1cc(CCc2c(C)ccc(OCC(=O)O)c2C)c(F)c(-c2cccc(F)c2)c1. The Morgan fingerprint density at radius 3 is 2.47 bits per heavy atom. The molecule has 0 radical (unpaired) electrons. The van der Waals surface area contributed by atoms with Crippen molar-refractivity contribution in [2.24, 2.45) is 0 Å². The first-order valence-electron chi connectivity index (χ1n) is 9.75. The maximum atomic E-state index is 15.3. The normalized spacial score (nSPS) is 10.8. The Morgan fingerprint density at radius 2 is 1.77 bits per heavy atom. The highest BCUT2D eigenvalue weighted by Crippen LogP contribution is 2.30. The second-order valence-electron chi connectivity index (χ2n) is 7.46. The van der Waals surface area contributed by atoms with E-state index >= 15 is 4.39 Å². The van der Waals surface area contributed by atoms with E-state index in [0.717, 1.165) is 22.3 Å². The lowest BCUT2D eigenvalue weighted by Gasteiger charge is -2.16. The highest BCUT2D eigenvalue weighted by Gasteiger charge is 2.15. The lowest BCUT2D eigenvalue weighted by atomic mass is 9.93. The van der Waals surface area contributed by atoms with Crippen LogP contribution in [-0.4, -0.2) is 17.7 Å². The van der Waals surface area contributed by atoms with Crippen LogP contribution in [-0.2, 0) is 17.6 Å². The summed E-state index contributed by atoms with van der Waals surface area (Å²) in [6, 6.07) is 13.1. The molecule has 3 aromatic carbocycles. The highest BCUT2D eigenvalue weighted by atomic mass is 19.1. The number of benzene rings is 3. The molecule has 0 bridgehead atoms. The van der Waals surface area contributed by atoms with Crippen LogP contribution >= 0.6 is 0 Å². The third-order valence-corrected chi connectivity index (χ3v) is 5.21. The van der Waals surface area contributed by atoms with Crippen molar-refractivity contribution in [2.75, 3.05) is 6.61 Å². The van der Waals surface area contributed by atoms with Crippen LogP contribution in [0.1, 0.15) is 27.8 Å². The van der Waals surface area contributed by atoms with Gasteiger partial charge in [-0.15, -0.1) is 0 Å². The van der Waals surface area contributed by atoms with Gasteiger partial charge in [-0.1, -0.05) is 29.8 Å². The van der Waals surface area contributed by atoms with Crippen LogP contribution in [0.3, 0.4) is 0 Å². The zero-order chi connectivity index (χ0) is 21.8. The van der Waals surface area contributed by atoms with Gasteiger partial charge in [0.15, 0.2) is 6.61 Å². The summed E-state index contributed by atoms with van der Waals surface area (Å²) in [6.45, 7) is 5.33. The summed E-state index contributed by atoms with van der Waals surface area (Å²) in [5, 5.41) is 8.85. The molecule has 0 amide bonds. The predicted octanol–water partition coefficient (Wildman–Crippen LogP) is 5.81. The zero-order valence-corrected chi connectivity index (χ0v) is 17.3. The molecule has 3 aromatic rings. The minimum absolute atomic E-state index is 0.347. The van der Waals surface area contributed by atoms with E-state index in [1.54, 1.807) is 24.3 Å². The summed E-state index contributed by atoms with van der Waals surface area (Å²) >= 11 is 0. The van der Waals surface area contributed by atoms with Crippen molar-refractivity contribution in [3.63, 3.8) is 0 Å². The largest absolute Gasteiger partial charge is 0.482 e. The molecule has 0 saturated carbocycles. The molecular weight excluding hydrogens is 386 g/mol. The molecule has 3 rings (SSSR count). The number of rotatable bonds is 7. The summed E-state index contributed by atoms with van der Waals surface area (Å²) in [7, 11) is 0. The molecule has 30 heavy (non-hydrogen) atoms. The van der Waals surface area contributed by atoms with Gasteiger partial charge >= 0.3 is 5.97 Å². The molecule has 0 aliphatic heterocycles. The number of ether oxygens (including phenoxy) is 1. The number of hydrogen-bond donors (Lipinski definition) is 1. The molecular formula is C25H24F2O3. The Balaban J connectivity index is 1.89. The van der Waals surface area contributed by atoms with Crippen molar-refractivity contribution in [1.29, 1.82) is 0 Å². The van der Waals surface area contributed by atoms with E-state index < -0.39 is 18.4 Å². The highest BCUT2D eigenvalue weighted by molar-refractivity contribution is 5.68. The van der Waals surface area contributed by atoms with Gasteiger partial charge in [0.05, 0.1) is 0 Å². The maximum Gasteiger partial charge on any atom is 0.341 e. The molecule has 0 fully saturated rings. The van der Waals surface area contributed by atoms with Crippen LogP contribution in [0.2, 0.25) is 0 Å². The van der Waals surface area contributed by atoms with Crippen LogP contribution < -0.4 is 4.74 Å². The fourth-order valence-corrected chi connectivity index (χ4v) is 3.70. The Labute approximate surface area is 175 Å². The number of aliphatic carboxylic acids is 1. The van der Waals surface area contributed by atoms with Gasteiger partial charge in [0, 0.05) is 5.56 Å². The molecule has 3 nitrogen and oxygen atoms in total. The summed E-state index contributed by atoms with van der Waals surface area (Å²) in [5.74, 6) is -1.27. The number of aryl methyl sites for hydroxylation is 3. The van der Waals surface area contributed by atoms with Crippen molar-refractivity contribution in [3.8, 4) is 16.9 Å². The van der Waals surface area contributed by atoms with Gasteiger partial charge in [-0.3, -0.25) is 0 Å². The molecule has 156 valence electrons. The number of halogens is 2. The molecule has 0 saturated heterocycles. The van der Waals surface area contributed by atoms with E-state index in [9.17, 15) is 9.18 Å². The lowest BCUT2D eigenvalue weighted by molar-refractivity contribution is -0.139. The van der Waals surface area contributed by atoms with E-state index in [1.807, 2.05) is 32.9 Å². The van der Waals surface area contributed by atoms with Crippen LogP contribution in [0, 0.1) is 32.4 Å². The fraction of sp³-hybridized carbons (Fsp3) is 0.240. The van der Waals surface area contributed by atoms with E-state index in [0.29, 0.717) is 35.3 Å². The monoisotopic (exact) mass is 410 g/mol. The number of carboxylic acids is 1. The molecule has 1 N–H and O–H groups in total. The lowest BCUT2D eigenvalue weighted by Crippen LogP contribution is -2.11. The first kappa shape index (κ1) is 21.5. The van der Waals surface area contributed by atoms with Gasteiger partial charge in [0.2, 0.25) is 0 Å². The molecule has 5 heteroatoms. The van der Waals surface area contributed by atoms with Gasteiger partial charge in [0.1, 0.15) is 17.4 Å². The van der Waals surface area contributed by atoms with Crippen LogP contribution in [0.15, 0.2) is 48.5 Å². The summed E-state index contributed by atoms with van der Waals surface area (Å²) in [5.41, 5.74) is 5.25. The van der Waals surface area contributed by atoms with Crippen molar-refractivity contribution < 1.29 is 23.4 Å². The summed E-state index contributed by atoms with van der Waals surface area (Å²) in [6.07, 6.45) is 1.03. The standard InChI is InChI=1S/C25H24F2O3/c1-15-11-19(25(27)22(12-15)18-5-4-6-20(26)13-18)8-9-21-16(2)7-10-23(17(21)3)30-14-24(28)29/h4-7,10-13H,8-9,14H2,1-3H3,(H,28,29). The van der Waals surface area contributed by atoms with E-state index in [4.69, 9.17) is 9.84 Å². The van der Waals surface area contributed by atoms with Gasteiger partial charge in [-0.05, 0) is 85.7 Å². The second-order valence-corrected chi connectivity index (χ2v) is 7.46. The average molecular weight is 410 g/mol. The summed E-state index contributed by atoms with van der Waals surface area (Å²) < 4.78 is 34.2. The summed E-state index contributed by atoms with van der Waals surface area (Å²) in [4.78, 5) is 10.8. The molecule has 0 atom stereocenters. The second kappa shape index (κ2) is 9.08. The third kappa shape index (κ3) is 4.85. The molecule has 0 aromatic heterocycles. The number of carbonyl (C=O) groups is 1. The van der Waals surface area contributed by atoms with Crippen molar-refractivity contribution >= 4 is 5.97 Å². The maximum absolute atomic E-state index is 15.3. The van der Waals surface area contributed by atoms with Gasteiger partial charge in [-0.2, -0.15) is 0 Å². The van der Waals surface area contributed by atoms with E-state index in [-0.39, 0.29) is 5.82 Å². The minimum Gasteiger partial charge on any atom is -0.482 e. The van der Waals surface area contributed by atoms with Crippen molar-refractivity contribution in [2.45, 2.75) is 33.6 Å². The molecule has 0 spiro atoms. The Kier molecular flexibility index (Phi) is 6.50. The Morgan fingerprint density at radius 1 is 1.00 bits per heavy atom. The molecule has 0 aliphatic rings. The average Bonchev–Trinajstić information content (AvgIpc) is 2.69. The van der Waals surface area contributed by atoms with Crippen LogP contribution in [0.25, 0.3) is 11.1 Å². The molecule has 0 unspecified atom stereocenters. The smallest absolute Gasteiger partial charge is 0.341 e. The molecule has 0 heterocycles. The minimum atomic E-state index is -1.04. The van der Waals surface area contributed by atoms with Crippen molar-refractivity contribution in [1.82, 2.24) is 0 Å². The first-order chi connectivity index (χ1) is 14.3. The Bertz CT molecular complexity index is 1090. The van der Waals surface area contributed by atoms with Gasteiger partial charge < -0.3 is 9.84 Å². The number of hydrogen-bond acceptors (Lipinski definition) is 2. The van der Waals surface area contributed by atoms with Gasteiger partial charge in [0.25, 0.3) is 0 Å². The van der Waals surface area contributed by atoms with Crippen molar-refractivity contribution in [3.05, 3.63) is 88.0 Å². The predicted molar refractivity (Wildman–Crippen MR) is 113 cm³/mol.